The first-order valence-electron chi connectivity index (χ1n) is 7.55. The van der Waals surface area contributed by atoms with Gasteiger partial charge in [-0.2, -0.15) is 5.26 Å². The molecule has 22 heavy (non-hydrogen) atoms. The predicted octanol–water partition coefficient (Wildman–Crippen LogP) is 1.14. The Bertz CT molecular complexity index is 637. The van der Waals surface area contributed by atoms with Gasteiger partial charge in [0.1, 0.15) is 18.2 Å². The summed E-state index contributed by atoms with van der Waals surface area (Å²) < 4.78 is 6.83. The van der Waals surface area contributed by atoms with Crippen molar-refractivity contribution >= 4 is 5.91 Å². The van der Waals surface area contributed by atoms with Crippen molar-refractivity contribution in [2.24, 2.45) is 0 Å². The summed E-state index contributed by atoms with van der Waals surface area (Å²) >= 11 is 0. The van der Waals surface area contributed by atoms with E-state index in [1.54, 1.807) is 6.07 Å². The summed E-state index contributed by atoms with van der Waals surface area (Å²) in [4.78, 5) is 24.3. The maximum absolute atomic E-state index is 12.3. The second-order valence-electron chi connectivity index (χ2n) is 5.77. The Kier molecular flexibility index (Phi) is 5.34. The Labute approximate surface area is 129 Å². The van der Waals surface area contributed by atoms with Crippen LogP contribution in [0.1, 0.15) is 43.9 Å². The predicted molar refractivity (Wildman–Crippen MR) is 81.5 cm³/mol. The van der Waals surface area contributed by atoms with Crippen molar-refractivity contribution in [1.29, 1.82) is 5.26 Å². The molecule has 1 amide bonds. The van der Waals surface area contributed by atoms with Crippen LogP contribution in [0.4, 0.5) is 0 Å². The van der Waals surface area contributed by atoms with E-state index >= 15 is 0 Å². The van der Waals surface area contributed by atoms with Crippen LogP contribution in [0.5, 0.6) is 0 Å². The number of hydrogen-bond acceptors (Lipinski definition) is 4. The van der Waals surface area contributed by atoms with Crippen molar-refractivity contribution in [3.63, 3.8) is 0 Å². The molecule has 1 N–H and O–H groups in total. The summed E-state index contributed by atoms with van der Waals surface area (Å²) in [6, 6.07) is 5.11. The van der Waals surface area contributed by atoms with Gasteiger partial charge in [-0.1, -0.05) is 13.8 Å². The molecule has 0 saturated carbocycles. The standard InChI is InChI=1S/C16H21N3O3/c1-11(2)14-6-5-12(8-17)16(21)19(14)10-15(20)18-9-13-4-3-7-22-13/h5-6,11,13H,3-4,7,9-10H2,1-2H3,(H,18,20). The average Bonchev–Trinajstić information content (AvgIpc) is 3.00. The summed E-state index contributed by atoms with van der Waals surface area (Å²) in [6.45, 7) is 5.02. The molecule has 0 bridgehead atoms. The van der Waals surface area contributed by atoms with E-state index in [2.05, 4.69) is 5.32 Å². The van der Waals surface area contributed by atoms with Gasteiger partial charge in [-0.25, -0.2) is 0 Å². The van der Waals surface area contributed by atoms with Crippen molar-refractivity contribution in [2.75, 3.05) is 13.2 Å². The molecule has 1 saturated heterocycles. The summed E-state index contributed by atoms with van der Waals surface area (Å²) in [7, 11) is 0. The lowest BCUT2D eigenvalue weighted by Gasteiger charge is -2.16. The first-order valence-corrected chi connectivity index (χ1v) is 7.55. The van der Waals surface area contributed by atoms with Crippen molar-refractivity contribution < 1.29 is 9.53 Å². The van der Waals surface area contributed by atoms with Crippen molar-refractivity contribution in [2.45, 2.75) is 45.3 Å². The van der Waals surface area contributed by atoms with Crippen molar-refractivity contribution in [3.05, 3.63) is 33.7 Å². The van der Waals surface area contributed by atoms with Gasteiger partial charge < -0.3 is 14.6 Å². The van der Waals surface area contributed by atoms with Gasteiger partial charge in [0, 0.05) is 18.8 Å². The summed E-state index contributed by atoms with van der Waals surface area (Å²) in [5, 5.41) is 11.8. The van der Waals surface area contributed by atoms with Crippen LogP contribution in [0.15, 0.2) is 16.9 Å². The van der Waals surface area contributed by atoms with Crippen LogP contribution in [0.2, 0.25) is 0 Å². The molecule has 1 aliphatic rings. The van der Waals surface area contributed by atoms with E-state index < -0.39 is 5.56 Å². The van der Waals surface area contributed by atoms with Crippen LogP contribution in [-0.4, -0.2) is 29.7 Å². The second-order valence-corrected chi connectivity index (χ2v) is 5.77. The quantitative estimate of drug-likeness (QED) is 0.884. The molecule has 0 spiro atoms. The van der Waals surface area contributed by atoms with Gasteiger partial charge >= 0.3 is 0 Å². The molecule has 2 rings (SSSR count). The van der Waals surface area contributed by atoms with Gasteiger partial charge in [0.2, 0.25) is 5.91 Å². The number of rotatable bonds is 5. The zero-order chi connectivity index (χ0) is 16.1. The highest BCUT2D eigenvalue weighted by Crippen LogP contribution is 2.13. The fraction of sp³-hybridized carbons (Fsp3) is 0.562. The third-order valence-electron chi connectivity index (χ3n) is 3.77. The topological polar surface area (TPSA) is 84.1 Å². The SMILES string of the molecule is CC(C)c1ccc(C#N)c(=O)n1CC(=O)NCC1CCCO1. The minimum absolute atomic E-state index is 0.0522. The molecule has 6 nitrogen and oxygen atoms in total. The number of pyridine rings is 1. The fourth-order valence-electron chi connectivity index (χ4n) is 2.58. The maximum Gasteiger partial charge on any atom is 0.269 e. The maximum atomic E-state index is 12.3. The van der Waals surface area contributed by atoms with Crippen molar-refractivity contribution in [3.8, 4) is 6.07 Å². The van der Waals surface area contributed by atoms with Crippen molar-refractivity contribution in [1.82, 2.24) is 9.88 Å². The highest BCUT2D eigenvalue weighted by atomic mass is 16.5. The molecule has 1 aliphatic heterocycles. The summed E-state index contributed by atoms with van der Waals surface area (Å²) in [6.07, 6.45) is 2.03. The number of ether oxygens (including phenoxy) is 1. The fourth-order valence-corrected chi connectivity index (χ4v) is 2.58. The largest absolute Gasteiger partial charge is 0.376 e. The van der Waals surface area contributed by atoms with E-state index in [1.807, 2.05) is 19.9 Å². The normalized spacial score (nSPS) is 17.5. The van der Waals surface area contributed by atoms with Gasteiger partial charge in [0.15, 0.2) is 0 Å². The lowest BCUT2D eigenvalue weighted by Crippen LogP contribution is -2.38. The first-order chi connectivity index (χ1) is 10.5. The molecule has 2 heterocycles. The third-order valence-corrected chi connectivity index (χ3v) is 3.77. The van der Waals surface area contributed by atoms with E-state index in [1.165, 1.54) is 10.6 Å². The molecular weight excluding hydrogens is 282 g/mol. The first kappa shape index (κ1) is 16.2. The molecule has 1 unspecified atom stereocenters. The minimum atomic E-state index is -0.416. The average molecular weight is 303 g/mol. The van der Waals surface area contributed by atoms with Gasteiger partial charge in [-0.05, 0) is 30.9 Å². The number of nitriles is 1. The van der Waals surface area contributed by atoms with Crippen LogP contribution >= 0.6 is 0 Å². The van der Waals surface area contributed by atoms with Crippen LogP contribution in [0, 0.1) is 11.3 Å². The van der Waals surface area contributed by atoms with E-state index in [0.717, 1.165) is 25.1 Å². The molecular formula is C16H21N3O3. The molecule has 118 valence electrons. The molecule has 0 radical (unpaired) electrons. The Morgan fingerprint density at radius 1 is 1.55 bits per heavy atom. The van der Waals surface area contributed by atoms with Crippen LogP contribution in [0.3, 0.4) is 0 Å². The monoisotopic (exact) mass is 303 g/mol. The summed E-state index contributed by atoms with van der Waals surface area (Å²) in [5.41, 5.74) is 0.383. The molecule has 1 atom stereocenters. The third kappa shape index (κ3) is 3.74. The van der Waals surface area contributed by atoms with Crippen LogP contribution in [0.25, 0.3) is 0 Å². The highest BCUT2D eigenvalue weighted by molar-refractivity contribution is 5.75. The molecule has 6 heteroatoms. The number of nitrogens with zero attached hydrogens (tertiary/aromatic N) is 2. The zero-order valence-corrected chi connectivity index (χ0v) is 13.0. The smallest absolute Gasteiger partial charge is 0.269 e. The van der Waals surface area contributed by atoms with E-state index in [9.17, 15) is 9.59 Å². The van der Waals surface area contributed by atoms with E-state index in [0.29, 0.717) is 6.54 Å². The van der Waals surface area contributed by atoms with Crippen LogP contribution < -0.4 is 10.9 Å². The highest BCUT2D eigenvalue weighted by Gasteiger charge is 2.18. The Morgan fingerprint density at radius 3 is 2.91 bits per heavy atom. The Morgan fingerprint density at radius 2 is 2.32 bits per heavy atom. The lowest BCUT2D eigenvalue weighted by atomic mass is 10.1. The van der Waals surface area contributed by atoms with Gasteiger partial charge in [-0.15, -0.1) is 0 Å². The number of carbonyl (C=O) groups is 1. The van der Waals surface area contributed by atoms with Gasteiger partial charge in [0.05, 0.1) is 6.10 Å². The Balaban J connectivity index is 2.11. The number of nitrogens with one attached hydrogen (secondary N) is 1. The number of amides is 1. The minimum Gasteiger partial charge on any atom is -0.376 e. The second kappa shape index (κ2) is 7.23. The molecule has 0 aliphatic carbocycles. The Hall–Kier alpha value is -2.13. The van der Waals surface area contributed by atoms with Gasteiger partial charge in [-0.3, -0.25) is 9.59 Å². The molecule has 0 aromatic carbocycles. The van der Waals surface area contributed by atoms with E-state index in [4.69, 9.17) is 10.00 Å². The summed E-state index contributed by atoms with van der Waals surface area (Å²) in [5.74, 6) is -0.152. The number of hydrogen-bond donors (Lipinski definition) is 1. The van der Waals surface area contributed by atoms with Crippen LogP contribution in [-0.2, 0) is 16.1 Å². The lowest BCUT2D eigenvalue weighted by molar-refractivity contribution is -0.122. The molecule has 1 aromatic heterocycles. The number of carbonyl (C=O) groups excluding carboxylic acids is 1. The molecule has 1 aromatic rings. The van der Waals surface area contributed by atoms with Gasteiger partial charge in [0.25, 0.3) is 5.56 Å². The molecule has 1 fully saturated rings. The zero-order valence-electron chi connectivity index (χ0n) is 13.0. The number of aromatic nitrogens is 1. The van der Waals surface area contributed by atoms with E-state index in [-0.39, 0.29) is 30.0 Å².